The van der Waals surface area contributed by atoms with Crippen molar-refractivity contribution < 1.29 is 18.4 Å². The van der Waals surface area contributed by atoms with Crippen LogP contribution in [-0.4, -0.2) is 42.3 Å². The molecule has 3 aromatic rings. The molecule has 3 saturated heterocycles. The molecule has 39 heavy (non-hydrogen) atoms. The lowest BCUT2D eigenvalue weighted by molar-refractivity contribution is -0.145. The van der Waals surface area contributed by atoms with E-state index in [1.54, 1.807) is 30.3 Å². The Balaban J connectivity index is 1.51. The number of hydrogen-bond donors (Lipinski definition) is 2. The minimum absolute atomic E-state index is 0.0722. The summed E-state index contributed by atoms with van der Waals surface area (Å²) in [5, 5.41) is 6.63. The summed E-state index contributed by atoms with van der Waals surface area (Å²) in [5.41, 5.74) is 1.29. The summed E-state index contributed by atoms with van der Waals surface area (Å²) in [6.45, 7) is 1.34. The quantitative estimate of drug-likeness (QED) is 0.462. The minimum Gasteiger partial charge on any atom is -0.324 e. The highest BCUT2D eigenvalue weighted by atomic mass is 19.1. The van der Waals surface area contributed by atoms with Crippen molar-refractivity contribution in [1.29, 1.82) is 0 Å². The van der Waals surface area contributed by atoms with Crippen LogP contribution in [0.3, 0.4) is 0 Å². The number of amides is 1. The number of benzene rings is 3. The predicted octanol–water partition coefficient (Wildman–Crippen LogP) is 5.01. The molecule has 4 heterocycles. The number of nitrogens with zero attached hydrogens (tertiary/aromatic N) is 1. The molecule has 4 aliphatic rings. The van der Waals surface area contributed by atoms with E-state index in [1.807, 2.05) is 24.3 Å². The van der Waals surface area contributed by atoms with Gasteiger partial charge < -0.3 is 10.6 Å². The summed E-state index contributed by atoms with van der Waals surface area (Å²) in [7, 11) is 0. The van der Waals surface area contributed by atoms with Gasteiger partial charge in [-0.2, -0.15) is 0 Å². The number of ketones is 1. The van der Waals surface area contributed by atoms with E-state index in [-0.39, 0.29) is 35.3 Å². The topological polar surface area (TPSA) is 61.4 Å². The number of nitrogens with one attached hydrogen (secondary N) is 2. The SMILES string of the molecule is O=C1/C(=C/c2ccc(F)cc2)CNCC12[C@@H](c1ccc(F)cc1)[C@@H]1CCCCN1[C@@]21C(=O)Nc2ccccc21. The zero-order valence-corrected chi connectivity index (χ0v) is 21.4. The zero-order valence-electron chi connectivity index (χ0n) is 21.4. The molecule has 2 spiro atoms. The fraction of sp³-hybridized carbons (Fsp3) is 0.312. The number of halogens is 2. The summed E-state index contributed by atoms with van der Waals surface area (Å²) in [4.78, 5) is 31.8. The van der Waals surface area contributed by atoms with Crippen LogP contribution in [0.2, 0.25) is 0 Å². The molecule has 3 fully saturated rings. The number of piperidine rings is 2. The number of Topliss-reactive ketones (excluding diaryl/α,β-unsaturated/α-hetero) is 1. The maximum Gasteiger partial charge on any atom is 0.250 e. The number of carbonyl (C=O) groups is 2. The van der Waals surface area contributed by atoms with Gasteiger partial charge in [0.05, 0.1) is 5.41 Å². The molecule has 0 aliphatic carbocycles. The van der Waals surface area contributed by atoms with Crippen LogP contribution >= 0.6 is 0 Å². The number of para-hydroxylation sites is 1. The number of rotatable bonds is 2. The highest BCUT2D eigenvalue weighted by Crippen LogP contribution is 2.67. The summed E-state index contributed by atoms with van der Waals surface area (Å²) in [6.07, 6.45) is 4.57. The summed E-state index contributed by atoms with van der Waals surface area (Å²) in [5.74, 6) is -1.29. The first-order valence-corrected chi connectivity index (χ1v) is 13.6. The van der Waals surface area contributed by atoms with Crippen molar-refractivity contribution >= 4 is 23.5 Å². The molecule has 0 aromatic heterocycles. The first-order valence-electron chi connectivity index (χ1n) is 13.6. The van der Waals surface area contributed by atoms with Gasteiger partial charge in [-0.3, -0.25) is 14.5 Å². The first kappa shape index (κ1) is 24.4. The van der Waals surface area contributed by atoms with Crippen LogP contribution < -0.4 is 10.6 Å². The Morgan fingerprint density at radius 1 is 0.897 bits per heavy atom. The lowest BCUT2D eigenvalue weighted by Crippen LogP contribution is -2.65. The summed E-state index contributed by atoms with van der Waals surface area (Å²) < 4.78 is 27.7. The van der Waals surface area contributed by atoms with Gasteiger partial charge in [-0.25, -0.2) is 8.78 Å². The van der Waals surface area contributed by atoms with Crippen molar-refractivity contribution in [2.24, 2.45) is 5.41 Å². The van der Waals surface area contributed by atoms with Crippen molar-refractivity contribution in [2.45, 2.75) is 36.8 Å². The molecule has 1 unspecified atom stereocenters. The molecule has 4 atom stereocenters. The van der Waals surface area contributed by atoms with Crippen LogP contribution in [0.4, 0.5) is 14.5 Å². The molecule has 0 radical (unpaired) electrons. The lowest BCUT2D eigenvalue weighted by atomic mass is 9.55. The van der Waals surface area contributed by atoms with Crippen LogP contribution in [0, 0.1) is 17.0 Å². The van der Waals surface area contributed by atoms with Crippen molar-refractivity contribution in [2.75, 3.05) is 25.0 Å². The second kappa shape index (κ2) is 8.93. The van der Waals surface area contributed by atoms with Gasteiger partial charge in [0.2, 0.25) is 0 Å². The van der Waals surface area contributed by atoms with E-state index in [4.69, 9.17) is 0 Å². The number of carbonyl (C=O) groups excluding carboxylic acids is 2. The second-order valence-electron chi connectivity index (χ2n) is 11.1. The fourth-order valence-corrected chi connectivity index (χ4v) is 7.94. The Hall–Kier alpha value is -3.68. The highest BCUT2D eigenvalue weighted by Gasteiger charge is 2.77. The average Bonchev–Trinajstić information content (AvgIpc) is 3.39. The first-order chi connectivity index (χ1) is 19.0. The molecule has 7 rings (SSSR count). The van der Waals surface area contributed by atoms with Crippen LogP contribution in [0.1, 0.15) is 41.9 Å². The number of fused-ring (bicyclic) bond motifs is 5. The Bertz CT molecular complexity index is 1500. The Morgan fingerprint density at radius 3 is 2.38 bits per heavy atom. The van der Waals surface area contributed by atoms with Crippen molar-refractivity contribution in [3.8, 4) is 0 Å². The molecule has 5 nitrogen and oxygen atoms in total. The zero-order chi connectivity index (χ0) is 26.8. The maximum absolute atomic E-state index is 15.1. The highest BCUT2D eigenvalue weighted by molar-refractivity contribution is 6.16. The smallest absolute Gasteiger partial charge is 0.250 e. The molecular formula is C32H29F2N3O2. The Morgan fingerprint density at radius 2 is 1.62 bits per heavy atom. The van der Waals surface area contributed by atoms with E-state index in [0.717, 1.165) is 41.6 Å². The van der Waals surface area contributed by atoms with E-state index in [2.05, 4.69) is 15.5 Å². The van der Waals surface area contributed by atoms with Crippen LogP contribution in [0.15, 0.2) is 78.4 Å². The third-order valence-corrected chi connectivity index (χ3v) is 9.29. The van der Waals surface area contributed by atoms with E-state index in [1.165, 1.54) is 24.3 Å². The van der Waals surface area contributed by atoms with Gasteiger partial charge in [-0.05, 0) is 66.9 Å². The molecular weight excluding hydrogens is 496 g/mol. The Labute approximate surface area is 225 Å². The molecule has 3 aromatic carbocycles. The molecule has 1 amide bonds. The summed E-state index contributed by atoms with van der Waals surface area (Å²) in [6, 6.07) is 20.1. The third kappa shape index (κ3) is 3.29. The van der Waals surface area contributed by atoms with Gasteiger partial charge in [0, 0.05) is 41.9 Å². The van der Waals surface area contributed by atoms with Gasteiger partial charge in [0.1, 0.15) is 17.2 Å². The Kier molecular flexibility index (Phi) is 5.58. The molecule has 198 valence electrons. The lowest BCUT2D eigenvalue weighted by Gasteiger charge is -2.49. The monoisotopic (exact) mass is 525 g/mol. The van der Waals surface area contributed by atoms with Gasteiger partial charge in [-0.1, -0.05) is 48.9 Å². The maximum atomic E-state index is 15.1. The third-order valence-electron chi connectivity index (χ3n) is 9.29. The van der Waals surface area contributed by atoms with E-state index in [0.29, 0.717) is 25.2 Å². The van der Waals surface area contributed by atoms with Gasteiger partial charge in [-0.15, -0.1) is 0 Å². The van der Waals surface area contributed by atoms with Crippen LogP contribution in [0.25, 0.3) is 6.08 Å². The van der Waals surface area contributed by atoms with Gasteiger partial charge >= 0.3 is 0 Å². The van der Waals surface area contributed by atoms with Crippen LogP contribution in [0.5, 0.6) is 0 Å². The van der Waals surface area contributed by atoms with Crippen molar-refractivity contribution in [3.05, 3.63) is 107 Å². The molecule has 0 bridgehead atoms. The average molecular weight is 526 g/mol. The number of hydrogen-bond acceptors (Lipinski definition) is 4. The largest absolute Gasteiger partial charge is 0.324 e. The molecule has 7 heteroatoms. The van der Waals surface area contributed by atoms with E-state index >= 15 is 4.79 Å². The van der Waals surface area contributed by atoms with E-state index in [9.17, 15) is 13.6 Å². The van der Waals surface area contributed by atoms with Crippen molar-refractivity contribution in [1.82, 2.24) is 10.2 Å². The van der Waals surface area contributed by atoms with Crippen LogP contribution in [-0.2, 0) is 15.1 Å². The molecule has 0 saturated carbocycles. The number of anilines is 1. The minimum atomic E-state index is -1.22. The molecule has 2 N–H and O–H groups in total. The normalized spacial score (nSPS) is 31.1. The predicted molar refractivity (Wildman–Crippen MR) is 145 cm³/mol. The van der Waals surface area contributed by atoms with Crippen molar-refractivity contribution in [3.63, 3.8) is 0 Å². The van der Waals surface area contributed by atoms with E-state index < -0.39 is 11.0 Å². The van der Waals surface area contributed by atoms with Gasteiger partial charge in [0.15, 0.2) is 5.78 Å². The second-order valence-corrected chi connectivity index (χ2v) is 11.1. The van der Waals surface area contributed by atoms with Gasteiger partial charge in [0.25, 0.3) is 5.91 Å². The molecule has 4 aliphatic heterocycles. The standard InChI is InChI=1S/C32H29F2N3O2/c33-23-12-8-20(9-13-23)17-22-18-35-19-31(29(22)38)28(21-10-14-24(34)15-11-21)27-7-3-4-16-37(27)32(31)25-5-1-2-6-26(25)36-30(32)39/h1-2,5-6,8-15,17,27-28,35H,3-4,7,16,18-19H2,(H,36,39)/b22-17+/t27-,28-,31?,32-/m0/s1. The fourth-order valence-electron chi connectivity index (χ4n) is 7.94. The summed E-state index contributed by atoms with van der Waals surface area (Å²) >= 11 is 0.